The monoisotopic (exact) mass is 287 g/mol. The molecule has 0 aliphatic carbocycles. The molecule has 20 heavy (non-hydrogen) atoms. The van der Waals surface area contributed by atoms with Crippen LogP contribution in [0.5, 0.6) is 5.75 Å². The fraction of sp³-hybridized carbons (Fsp3) is 0.294. The maximum Gasteiger partial charge on any atom is 0.127 e. The molecule has 2 aromatic rings. The van der Waals surface area contributed by atoms with E-state index in [4.69, 9.17) is 16.3 Å². The summed E-state index contributed by atoms with van der Waals surface area (Å²) in [4.78, 5) is 0. The molecule has 3 rings (SSSR count). The third kappa shape index (κ3) is 2.82. The molecule has 1 N–H and O–H groups in total. The second kappa shape index (κ2) is 5.86. The average molecular weight is 288 g/mol. The Morgan fingerprint density at radius 1 is 1.25 bits per heavy atom. The van der Waals surface area contributed by atoms with Crippen LogP contribution >= 0.6 is 11.6 Å². The molecule has 0 aromatic heterocycles. The number of rotatable bonds is 4. The van der Waals surface area contributed by atoms with Crippen molar-refractivity contribution in [2.75, 3.05) is 6.61 Å². The van der Waals surface area contributed by atoms with E-state index < -0.39 is 0 Å². The fourth-order valence-electron chi connectivity index (χ4n) is 2.60. The molecule has 1 atom stereocenters. The predicted molar refractivity (Wildman–Crippen MR) is 82.3 cm³/mol. The number of ether oxygens (including phenoxy) is 1. The Bertz CT molecular complexity index is 597. The van der Waals surface area contributed by atoms with E-state index in [1.807, 2.05) is 18.2 Å². The molecule has 0 radical (unpaired) electrons. The van der Waals surface area contributed by atoms with Gasteiger partial charge in [-0.15, -0.1) is 0 Å². The van der Waals surface area contributed by atoms with Crippen LogP contribution in [0.3, 0.4) is 0 Å². The molecule has 0 saturated carbocycles. The third-order valence-electron chi connectivity index (χ3n) is 3.72. The molecule has 2 aromatic carbocycles. The highest BCUT2D eigenvalue weighted by molar-refractivity contribution is 6.30. The van der Waals surface area contributed by atoms with Gasteiger partial charge in [0.05, 0.1) is 6.61 Å². The minimum atomic E-state index is 0.298. The van der Waals surface area contributed by atoms with Crippen molar-refractivity contribution < 1.29 is 4.74 Å². The predicted octanol–water partition coefficient (Wildman–Crippen LogP) is 4.13. The number of nitrogens with one attached hydrogen (secondary N) is 1. The number of halogens is 1. The van der Waals surface area contributed by atoms with Gasteiger partial charge in [0, 0.05) is 29.6 Å². The maximum absolute atomic E-state index is 6.18. The third-order valence-corrected chi connectivity index (χ3v) is 3.94. The molecule has 3 heteroatoms. The van der Waals surface area contributed by atoms with Crippen LogP contribution in [0, 0.1) is 0 Å². The summed E-state index contributed by atoms with van der Waals surface area (Å²) in [6.07, 6.45) is 0.955. The quantitative estimate of drug-likeness (QED) is 0.913. The van der Waals surface area contributed by atoms with Crippen molar-refractivity contribution in [3.05, 3.63) is 64.2 Å². The Labute approximate surface area is 124 Å². The van der Waals surface area contributed by atoms with E-state index in [1.165, 1.54) is 11.1 Å². The van der Waals surface area contributed by atoms with Gasteiger partial charge in [-0.2, -0.15) is 0 Å². The normalized spacial score (nSPS) is 14.7. The zero-order valence-corrected chi connectivity index (χ0v) is 12.3. The zero-order chi connectivity index (χ0) is 13.9. The first-order chi connectivity index (χ1) is 9.74. The lowest BCUT2D eigenvalue weighted by molar-refractivity contribution is 0.351. The van der Waals surface area contributed by atoms with E-state index in [0.29, 0.717) is 6.04 Å². The van der Waals surface area contributed by atoms with Gasteiger partial charge in [-0.3, -0.25) is 0 Å². The first-order valence-electron chi connectivity index (χ1n) is 6.96. The molecular formula is C17H18ClNO. The van der Waals surface area contributed by atoms with Gasteiger partial charge < -0.3 is 10.1 Å². The lowest BCUT2D eigenvalue weighted by atomic mass is 10.1. The minimum absolute atomic E-state index is 0.298. The SMILES string of the molecule is C[C@H](NCc1cc(Cl)cc2c1OCC2)c1ccccc1. The summed E-state index contributed by atoms with van der Waals surface area (Å²) in [5.74, 6) is 1.02. The van der Waals surface area contributed by atoms with Crippen molar-refractivity contribution in [2.45, 2.75) is 25.9 Å². The topological polar surface area (TPSA) is 21.3 Å². The molecule has 2 nitrogen and oxygen atoms in total. The molecule has 0 fully saturated rings. The summed E-state index contributed by atoms with van der Waals surface area (Å²) in [7, 11) is 0. The fourth-order valence-corrected chi connectivity index (χ4v) is 2.86. The van der Waals surface area contributed by atoms with Gasteiger partial charge in [0.1, 0.15) is 5.75 Å². The van der Waals surface area contributed by atoms with Crippen LogP contribution in [0.1, 0.15) is 29.7 Å². The van der Waals surface area contributed by atoms with Crippen LogP contribution in [0.2, 0.25) is 5.02 Å². The maximum atomic E-state index is 6.18. The number of hydrogen-bond acceptors (Lipinski definition) is 2. The Morgan fingerprint density at radius 3 is 2.85 bits per heavy atom. The van der Waals surface area contributed by atoms with Crippen molar-refractivity contribution in [3.63, 3.8) is 0 Å². The Balaban J connectivity index is 1.73. The smallest absolute Gasteiger partial charge is 0.127 e. The molecule has 104 valence electrons. The van der Waals surface area contributed by atoms with Crippen LogP contribution in [0.15, 0.2) is 42.5 Å². The highest BCUT2D eigenvalue weighted by atomic mass is 35.5. The number of fused-ring (bicyclic) bond motifs is 1. The summed E-state index contributed by atoms with van der Waals surface area (Å²) < 4.78 is 5.72. The first-order valence-corrected chi connectivity index (χ1v) is 7.34. The number of hydrogen-bond donors (Lipinski definition) is 1. The average Bonchev–Trinajstić information content (AvgIpc) is 2.93. The van der Waals surface area contributed by atoms with Crippen LogP contribution in [-0.2, 0) is 13.0 Å². The molecule has 1 aliphatic heterocycles. The largest absolute Gasteiger partial charge is 0.493 e. The summed E-state index contributed by atoms with van der Waals surface area (Å²) in [6.45, 7) is 3.69. The summed E-state index contributed by atoms with van der Waals surface area (Å²) in [6, 6.07) is 14.7. The van der Waals surface area contributed by atoms with Gasteiger partial charge in [-0.25, -0.2) is 0 Å². The summed E-state index contributed by atoms with van der Waals surface area (Å²) in [5, 5.41) is 4.32. The standard InChI is InChI=1S/C17H18ClNO/c1-12(13-5-3-2-4-6-13)19-11-15-10-16(18)9-14-7-8-20-17(14)15/h2-6,9-10,12,19H,7-8,11H2,1H3/t12-/m0/s1. The molecule has 1 heterocycles. The van der Waals surface area contributed by atoms with Crippen LogP contribution in [-0.4, -0.2) is 6.61 Å². The van der Waals surface area contributed by atoms with Gasteiger partial charge in [0.2, 0.25) is 0 Å². The molecule has 0 unspecified atom stereocenters. The van der Waals surface area contributed by atoms with Gasteiger partial charge >= 0.3 is 0 Å². The second-order valence-electron chi connectivity index (χ2n) is 5.16. The Hall–Kier alpha value is -1.51. The second-order valence-corrected chi connectivity index (χ2v) is 5.60. The summed E-state index contributed by atoms with van der Waals surface area (Å²) in [5.41, 5.74) is 3.65. The molecule has 0 saturated heterocycles. The highest BCUT2D eigenvalue weighted by Crippen LogP contribution is 2.33. The Kier molecular flexibility index (Phi) is 3.95. The van der Waals surface area contributed by atoms with Crippen molar-refractivity contribution in [3.8, 4) is 5.75 Å². The minimum Gasteiger partial charge on any atom is -0.493 e. The van der Waals surface area contributed by atoms with E-state index in [0.717, 1.165) is 35.9 Å². The molecule has 0 bridgehead atoms. The van der Waals surface area contributed by atoms with Crippen LogP contribution in [0.25, 0.3) is 0 Å². The van der Waals surface area contributed by atoms with E-state index in [2.05, 4.69) is 36.5 Å². The highest BCUT2D eigenvalue weighted by Gasteiger charge is 2.17. The van der Waals surface area contributed by atoms with E-state index in [9.17, 15) is 0 Å². The van der Waals surface area contributed by atoms with Crippen LogP contribution in [0.4, 0.5) is 0 Å². The van der Waals surface area contributed by atoms with Crippen molar-refractivity contribution >= 4 is 11.6 Å². The van der Waals surface area contributed by atoms with E-state index >= 15 is 0 Å². The van der Waals surface area contributed by atoms with Gasteiger partial charge in [-0.1, -0.05) is 41.9 Å². The summed E-state index contributed by atoms with van der Waals surface area (Å²) >= 11 is 6.18. The lowest BCUT2D eigenvalue weighted by Gasteiger charge is -2.16. The van der Waals surface area contributed by atoms with Crippen molar-refractivity contribution in [1.29, 1.82) is 0 Å². The van der Waals surface area contributed by atoms with Crippen molar-refractivity contribution in [1.82, 2.24) is 5.32 Å². The van der Waals surface area contributed by atoms with Crippen LogP contribution < -0.4 is 10.1 Å². The van der Waals surface area contributed by atoms with E-state index in [-0.39, 0.29) is 0 Å². The first kappa shape index (κ1) is 13.5. The van der Waals surface area contributed by atoms with Gasteiger partial charge in [-0.05, 0) is 30.2 Å². The molecule has 0 amide bonds. The zero-order valence-electron chi connectivity index (χ0n) is 11.5. The number of benzene rings is 2. The van der Waals surface area contributed by atoms with Gasteiger partial charge in [0.25, 0.3) is 0 Å². The molecule has 0 spiro atoms. The lowest BCUT2D eigenvalue weighted by Crippen LogP contribution is -2.18. The van der Waals surface area contributed by atoms with Gasteiger partial charge in [0.15, 0.2) is 0 Å². The molecule has 1 aliphatic rings. The van der Waals surface area contributed by atoms with E-state index in [1.54, 1.807) is 0 Å². The van der Waals surface area contributed by atoms with Crippen molar-refractivity contribution in [2.24, 2.45) is 0 Å². The Morgan fingerprint density at radius 2 is 2.05 bits per heavy atom. The molecular weight excluding hydrogens is 270 g/mol.